The third kappa shape index (κ3) is 3.61. The van der Waals surface area contributed by atoms with Gasteiger partial charge in [0.15, 0.2) is 0 Å². The van der Waals surface area contributed by atoms with E-state index >= 15 is 0 Å². The van der Waals surface area contributed by atoms with E-state index in [1.807, 2.05) is 24.3 Å². The van der Waals surface area contributed by atoms with Crippen molar-refractivity contribution in [1.82, 2.24) is 14.7 Å². The number of nitrogens with zero attached hydrogens (tertiary/aromatic N) is 3. The summed E-state index contributed by atoms with van der Waals surface area (Å²) in [7, 11) is 3.27. The molecule has 0 aliphatic rings. The Morgan fingerprint density at radius 2 is 2.14 bits per heavy atom. The fourth-order valence-corrected chi connectivity index (χ4v) is 2.10. The molecule has 1 unspecified atom stereocenters. The number of rotatable bonds is 6. The molecule has 21 heavy (non-hydrogen) atoms. The van der Waals surface area contributed by atoms with Crippen LogP contribution in [0.4, 0.5) is 0 Å². The number of carbonyl (C=O) groups excluding carboxylic acids is 1. The molecule has 0 saturated heterocycles. The molecule has 2 rings (SSSR count). The number of aliphatic hydroxyl groups excluding tert-OH is 1. The van der Waals surface area contributed by atoms with E-state index in [1.165, 1.54) is 4.90 Å². The van der Waals surface area contributed by atoms with Crippen LogP contribution in [0.15, 0.2) is 42.7 Å². The van der Waals surface area contributed by atoms with Crippen LogP contribution in [-0.2, 0) is 11.3 Å². The summed E-state index contributed by atoms with van der Waals surface area (Å²) in [5, 5.41) is 13.6. The molecule has 6 nitrogen and oxygen atoms in total. The van der Waals surface area contributed by atoms with Gasteiger partial charge in [-0.15, -0.1) is 0 Å². The van der Waals surface area contributed by atoms with E-state index in [-0.39, 0.29) is 25.1 Å². The van der Waals surface area contributed by atoms with E-state index in [9.17, 15) is 9.90 Å². The number of carbonyl (C=O) groups is 1. The van der Waals surface area contributed by atoms with Crippen molar-refractivity contribution in [2.45, 2.75) is 12.6 Å². The zero-order valence-electron chi connectivity index (χ0n) is 12.1. The lowest BCUT2D eigenvalue weighted by molar-refractivity contribution is -0.133. The number of hydrogen-bond donors (Lipinski definition) is 1. The average molecular weight is 289 g/mol. The maximum atomic E-state index is 12.2. The van der Waals surface area contributed by atoms with E-state index in [0.717, 1.165) is 11.3 Å². The summed E-state index contributed by atoms with van der Waals surface area (Å²) < 4.78 is 6.66. The number of likely N-dealkylation sites (N-methyl/N-ethyl adjacent to an activating group) is 1. The molecule has 1 amide bonds. The molecule has 0 saturated carbocycles. The van der Waals surface area contributed by atoms with Crippen molar-refractivity contribution < 1.29 is 14.6 Å². The first-order valence-electron chi connectivity index (χ1n) is 6.63. The SMILES string of the molecule is COc1ccc(C(CO)N(C)C(=O)Cn2cccn2)cc1. The summed E-state index contributed by atoms with van der Waals surface area (Å²) in [4.78, 5) is 13.8. The van der Waals surface area contributed by atoms with Gasteiger partial charge in [0, 0.05) is 19.4 Å². The quantitative estimate of drug-likeness (QED) is 0.864. The van der Waals surface area contributed by atoms with Gasteiger partial charge < -0.3 is 14.7 Å². The molecular formula is C15H19N3O3. The molecule has 1 heterocycles. The van der Waals surface area contributed by atoms with Crippen LogP contribution in [0, 0.1) is 0 Å². The number of hydrogen-bond acceptors (Lipinski definition) is 4. The molecule has 1 N–H and O–H groups in total. The van der Waals surface area contributed by atoms with Gasteiger partial charge in [-0.2, -0.15) is 5.10 Å². The predicted molar refractivity (Wildman–Crippen MR) is 77.8 cm³/mol. The Balaban J connectivity index is 2.09. The second-order valence-electron chi connectivity index (χ2n) is 4.68. The molecule has 0 bridgehead atoms. The van der Waals surface area contributed by atoms with Gasteiger partial charge in [-0.3, -0.25) is 9.48 Å². The molecule has 0 fully saturated rings. The molecule has 6 heteroatoms. The fourth-order valence-electron chi connectivity index (χ4n) is 2.10. The number of benzene rings is 1. The average Bonchev–Trinajstić information content (AvgIpc) is 3.01. The van der Waals surface area contributed by atoms with Crippen LogP contribution in [0.5, 0.6) is 5.75 Å². The van der Waals surface area contributed by atoms with Crippen LogP contribution in [-0.4, -0.2) is 46.5 Å². The largest absolute Gasteiger partial charge is 0.497 e. The number of methoxy groups -OCH3 is 1. The first-order valence-corrected chi connectivity index (χ1v) is 6.63. The van der Waals surface area contributed by atoms with Crippen molar-refractivity contribution in [1.29, 1.82) is 0 Å². The minimum atomic E-state index is -0.390. The molecule has 112 valence electrons. The summed E-state index contributed by atoms with van der Waals surface area (Å²) in [6, 6.07) is 8.68. The molecule has 1 aromatic heterocycles. The lowest BCUT2D eigenvalue weighted by Crippen LogP contribution is -2.35. The third-order valence-corrected chi connectivity index (χ3v) is 3.39. The van der Waals surface area contributed by atoms with Crippen molar-refractivity contribution in [2.24, 2.45) is 0 Å². The molecule has 2 aromatic rings. The van der Waals surface area contributed by atoms with Crippen LogP contribution >= 0.6 is 0 Å². The highest BCUT2D eigenvalue weighted by atomic mass is 16.5. The normalized spacial score (nSPS) is 12.0. The van der Waals surface area contributed by atoms with Crippen LogP contribution in [0.2, 0.25) is 0 Å². The van der Waals surface area contributed by atoms with E-state index in [2.05, 4.69) is 5.10 Å². The maximum Gasteiger partial charge on any atom is 0.244 e. The summed E-state index contributed by atoms with van der Waals surface area (Å²) in [6.45, 7) is 0.00380. The Morgan fingerprint density at radius 1 is 1.43 bits per heavy atom. The topological polar surface area (TPSA) is 67.6 Å². The standard InChI is InChI=1S/C15H19N3O3/c1-17(15(20)10-18-9-3-8-16-18)14(11-19)12-4-6-13(21-2)7-5-12/h3-9,14,19H,10-11H2,1-2H3. The van der Waals surface area contributed by atoms with E-state index in [0.29, 0.717) is 0 Å². The van der Waals surface area contributed by atoms with Gasteiger partial charge in [-0.1, -0.05) is 12.1 Å². The van der Waals surface area contributed by atoms with Crippen LogP contribution in [0.25, 0.3) is 0 Å². The van der Waals surface area contributed by atoms with Gasteiger partial charge in [-0.25, -0.2) is 0 Å². The number of aromatic nitrogens is 2. The first-order chi connectivity index (χ1) is 10.2. The lowest BCUT2D eigenvalue weighted by Gasteiger charge is -2.27. The Kier molecular flexibility index (Phi) is 4.94. The van der Waals surface area contributed by atoms with Gasteiger partial charge in [0.2, 0.25) is 5.91 Å². The van der Waals surface area contributed by atoms with E-state index < -0.39 is 0 Å². The number of amides is 1. The Labute approximate surface area is 123 Å². The molecule has 0 spiro atoms. The molecule has 0 aliphatic heterocycles. The highest BCUT2D eigenvalue weighted by molar-refractivity contribution is 5.76. The number of aliphatic hydroxyl groups is 1. The van der Waals surface area contributed by atoms with Crippen molar-refractivity contribution in [2.75, 3.05) is 20.8 Å². The zero-order valence-corrected chi connectivity index (χ0v) is 12.1. The smallest absolute Gasteiger partial charge is 0.244 e. The van der Waals surface area contributed by atoms with Gasteiger partial charge in [0.25, 0.3) is 0 Å². The van der Waals surface area contributed by atoms with Crippen molar-refractivity contribution in [3.05, 3.63) is 48.3 Å². The molecular weight excluding hydrogens is 270 g/mol. The first kappa shape index (κ1) is 15.1. The monoisotopic (exact) mass is 289 g/mol. The third-order valence-electron chi connectivity index (χ3n) is 3.39. The van der Waals surface area contributed by atoms with E-state index in [4.69, 9.17) is 4.74 Å². The van der Waals surface area contributed by atoms with Crippen molar-refractivity contribution >= 4 is 5.91 Å². The van der Waals surface area contributed by atoms with Crippen molar-refractivity contribution in [3.8, 4) is 5.75 Å². The Bertz CT molecular complexity index is 566. The van der Waals surface area contributed by atoms with Gasteiger partial charge in [0.05, 0.1) is 19.8 Å². The molecule has 1 aromatic carbocycles. The predicted octanol–water partition coefficient (Wildman–Crippen LogP) is 1.08. The fraction of sp³-hybridized carbons (Fsp3) is 0.333. The summed E-state index contributed by atoms with van der Waals surface area (Å²) >= 11 is 0. The maximum absolute atomic E-state index is 12.2. The molecule has 1 atom stereocenters. The summed E-state index contributed by atoms with van der Waals surface area (Å²) in [5.74, 6) is 0.620. The van der Waals surface area contributed by atoms with Crippen LogP contribution in [0.3, 0.4) is 0 Å². The Morgan fingerprint density at radius 3 is 2.67 bits per heavy atom. The number of ether oxygens (including phenoxy) is 1. The highest BCUT2D eigenvalue weighted by Crippen LogP contribution is 2.22. The van der Waals surface area contributed by atoms with Crippen LogP contribution in [0.1, 0.15) is 11.6 Å². The van der Waals surface area contributed by atoms with Gasteiger partial charge >= 0.3 is 0 Å². The van der Waals surface area contributed by atoms with Crippen molar-refractivity contribution in [3.63, 3.8) is 0 Å². The van der Waals surface area contributed by atoms with E-state index in [1.54, 1.807) is 37.3 Å². The van der Waals surface area contributed by atoms with Gasteiger partial charge in [0.1, 0.15) is 12.3 Å². The van der Waals surface area contributed by atoms with Gasteiger partial charge in [-0.05, 0) is 23.8 Å². The second-order valence-corrected chi connectivity index (χ2v) is 4.68. The second kappa shape index (κ2) is 6.90. The summed E-state index contributed by atoms with van der Waals surface area (Å²) in [5.41, 5.74) is 0.856. The minimum Gasteiger partial charge on any atom is -0.497 e. The lowest BCUT2D eigenvalue weighted by atomic mass is 10.1. The minimum absolute atomic E-state index is 0.117. The highest BCUT2D eigenvalue weighted by Gasteiger charge is 2.21. The zero-order chi connectivity index (χ0) is 15.2. The molecule has 0 radical (unpaired) electrons. The Hall–Kier alpha value is -2.34. The molecule has 0 aliphatic carbocycles. The summed E-state index contributed by atoms with van der Waals surface area (Å²) in [6.07, 6.45) is 3.35. The van der Waals surface area contributed by atoms with Crippen LogP contribution < -0.4 is 4.74 Å².